The third-order valence-electron chi connectivity index (χ3n) is 3.07. The van der Waals surface area contributed by atoms with Gasteiger partial charge in [0, 0.05) is 28.6 Å². The molecule has 0 bridgehead atoms. The highest BCUT2D eigenvalue weighted by atomic mass is 32.1. The summed E-state index contributed by atoms with van der Waals surface area (Å²) in [6, 6.07) is 0.163. The van der Waals surface area contributed by atoms with Crippen molar-refractivity contribution >= 4 is 11.3 Å². The second-order valence-corrected chi connectivity index (χ2v) is 7.04. The first-order valence-corrected chi connectivity index (χ1v) is 7.42. The van der Waals surface area contributed by atoms with E-state index >= 15 is 0 Å². The van der Waals surface area contributed by atoms with Gasteiger partial charge in [-0.2, -0.15) is 5.10 Å². The van der Waals surface area contributed by atoms with Gasteiger partial charge in [-0.3, -0.25) is 4.68 Å². The van der Waals surface area contributed by atoms with E-state index < -0.39 is 0 Å². The Kier molecular flexibility index (Phi) is 3.78. The van der Waals surface area contributed by atoms with Gasteiger partial charge in [-0.25, -0.2) is 4.98 Å². The Hall–Kier alpha value is -1.20. The highest BCUT2D eigenvalue weighted by molar-refractivity contribution is 7.09. The predicted molar refractivity (Wildman–Crippen MR) is 79.5 cm³/mol. The molecule has 0 radical (unpaired) electrons. The fourth-order valence-corrected chi connectivity index (χ4v) is 2.79. The molecule has 0 aliphatic rings. The number of rotatable bonds is 3. The van der Waals surface area contributed by atoms with E-state index in [1.807, 2.05) is 17.1 Å². The normalized spacial score (nSPS) is 14.1. The monoisotopic (exact) mass is 278 g/mol. The molecule has 2 N–H and O–H groups in total. The molecule has 1 unspecified atom stereocenters. The molecule has 2 heterocycles. The lowest BCUT2D eigenvalue weighted by Gasteiger charge is -2.14. The third kappa shape index (κ3) is 3.04. The number of nitrogens with zero attached hydrogens (tertiary/aromatic N) is 3. The maximum absolute atomic E-state index is 6.28. The first-order valence-electron chi connectivity index (χ1n) is 6.54. The Labute approximate surface area is 118 Å². The SMILES string of the molecule is CC(C)n1cc(C(N)c2nc(C(C)(C)C)cs2)cn1. The van der Waals surface area contributed by atoms with Crippen LogP contribution in [0.15, 0.2) is 17.8 Å². The second-order valence-electron chi connectivity index (χ2n) is 6.15. The zero-order valence-corrected chi connectivity index (χ0v) is 13.0. The minimum Gasteiger partial charge on any atom is -0.318 e. The van der Waals surface area contributed by atoms with Crippen molar-refractivity contribution in [2.75, 3.05) is 0 Å². The van der Waals surface area contributed by atoms with E-state index in [1.54, 1.807) is 11.3 Å². The van der Waals surface area contributed by atoms with Crippen LogP contribution in [-0.4, -0.2) is 14.8 Å². The molecule has 0 amide bonds. The molecule has 0 aliphatic heterocycles. The molecule has 0 aliphatic carbocycles. The first-order chi connectivity index (χ1) is 8.79. The Bertz CT molecular complexity index is 548. The largest absolute Gasteiger partial charge is 0.318 e. The molecule has 1 atom stereocenters. The number of thiazole rings is 1. The summed E-state index contributed by atoms with van der Waals surface area (Å²) in [6.07, 6.45) is 3.84. The van der Waals surface area contributed by atoms with Gasteiger partial charge < -0.3 is 5.73 Å². The standard InChI is InChI=1S/C14H22N4S/c1-9(2)18-7-10(6-16-18)12(15)13-17-11(8-19-13)14(3,4)5/h6-9,12H,15H2,1-5H3. The van der Waals surface area contributed by atoms with Crippen molar-refractivity contribution in [1.29, 1.82) is 0 Å². The number of nitrogens with two attached hydrogens (primary N) is 1. The molecular formula is C14H22N4S. The Morgan fingerprint density at radius 3 is 2.47 bits per heavy atom. The molecule has 0 saturated carbocycles. The van der Waals surface area contributed by atoms with E-state index in [0.717, 1.165) is 16.3 Å². The van der Waals surface area contributed by atoms with Crippen LogP contribution >= 0.6 is 11.3 Å². The predicted octanol–water partition coefficient (Wildman–Crippen LogP) is 3.27. The number of hydrogen-bond acceptors (Lipinski definition) is 4. The Morgan fingerprint density at radius 2 is 2.00 bits per heavy atom. The molecule has 0 spiro atoms. The zero-order valence-electron chi connectivity index (χ0n) is 12.2. The van der Waals surface area contributed by atoms with Crippen molar-refractivity contribution in [3.05, 3.63) is 34.0 Å². The van der Waals surface area contributed by atoms with Crippen LogP contribution in [0.1, 0.15) is 63.0 Å². The van der Waals surface area contributed by atoms with Crippen molar-refractivity contribution in [3.8, 4) is 0 Å². The van der Waals surface area contributed by atoms with Gasteiger partial charge in [0.1, 0.15) is 5.01 Å². The number of aromatic nitrogens is 3. The quantitative estimate of drug-likeness (QED) is 0.937. The molecular weight excluding hydrogens is 256 g/mol. The second kappa shape index (κ2) is 5.06. The summed E-state index contributed by atoms with van der Waals surface area (Å²) in [6.45, 7) is 10.7. The van der Waals surface area contributed by atoms with E-state index in [0.29, 0.717) is 6.04 Å². The molecule has 0 aromatic carbocycles. The lowest BCUT2D eigenvalue weighted by atomic mass is 9.93. The van der Waals surface area contributed by atoms with Gasteiger partial charge in [0.05, 0.1) is 17.9 Å². The van der Waals surface area contributed by atoms with Crippen LogP contribution in [0.5, 0.6) is 0 Å². The van der Waals surface area contributed by atoms with Crippen molar-refractivity contribution in [2.45, 2.75) is 52.1 Å². The van der Waals surface area contributed by atoms with Crippen molar-refractivity contribution in [3.63, 3.8) is 0 Å². The van der Waals surface area contributed by atoms with Crippen LogP contribution in [0.3, 0.4) is 0 Å². The summed E-state index contributed by atoms with van der Waals surface area (Å²) in [4.78, 5) is 4.67. The van der Waals surface area contributed by atoms with E-state index in [4.69, 9.17) is 5.73 Å². The van der Waals surface area contributed by atoms with Crippen LogP contribution in [0, 0.1) is 0 Å². The van der Waals surface area contributed by atoms with Gasteiger partial charge in [-0.1, -0.05) is 20.8 Å². The fourth-order valence-electron chi connectivity index (χ4n) is 1.71. The van der Waals surface area contributed by atoms with Gasteiger partial charge in [0.2, 0.25) is 0 Å². The Morgan fingerprint density at radius 1 is 1.32 bits per heavy atom. The molecule has 2 aromatic heterocycles. The summed E-state index contributed by atoms with van der Waals surface area (Å²) < 4.78 is 1.92. The average Bonchev–Trinajstić information content (AvgIpc) is 2.97. The summed E-state index contributed by atoms with van der Waals surface area (Å²) in [5, 5.41) is 7.38. The van der Waals surface area contributed by atoms with Crippen LogP contribution in [-0.2, 0) is 5.41 Å². The first kappa shape index (κ1) is 14.2. The molecule has 0 fully saturated rings. The van der Waals surface area contributed by atoms with Gasteiger partial charge in [0.15, 0.2) is 0 Å². The highest BCUT2D eigenvalue weighted by Crippen LogP contribution is 2.28. The van der Waals surface area contributed by atoms with Crippen molar-refractivity contribution in [2.24, 2.45) is 5.73 Å². The number of hydrogen-bond donors (Lipinski definition) is 1. The summed E-state index contributed by atoms with van der Waals surface area (Å²) in [7, 11) is 0. The van der Waals surface area contributed by atoms with Gasteiger partial charge >= 0.3 is 0 Å². The topological polar surface area (TPSA) is 56.7 Å². The minimum atomic E-state index is -0.186. The van der Waals surface area contributed by atoms with E-state index in [9.17, 15) is 0 Å². The summed E-state index contributed by atoms with van der Waals surface area (Å²) in [5.74, 6) is 0. The lowest BCUT2D eigenvalue weighted by molar-refractivity contribution is 0.531. The maximum atomic E-state index is 6.28. The average molecular weight is 278 g/mol. The maximum Gasteiger partial charge on any atom is 0.114 e. The summed E-state index contributed by atoms with van der Waals surface area (Å²) in [5.41, 5.74) is 8.46. The van der Waals surface area contributed by atoms with Crippen LogP contribution in [0.2, 0.25) is 0 Å². The molecule has 5 heteroatoms. The highest BCUT2D eigenvalue weighted by Gasteiger charge is 2.21. The third-order valence-corrected chi connectivity index (χ3v) is 3.99. The smallest absolute Gasteiger partial charge is 0.114 e. The van der Waals surface area contributed by atoms with Crippen molar-refractivity contribution in [1.82, 2.24) is 14.8 Å². The fraction of sp³-hybridized carbons (Fsp3) is 0.571. The molecule has 2 aromatic rings. The van der Waals surface area contributed by atoms with Gasteiger partial charge in [0.25, 0.3) is 0 Å². The van der Waals surface area contributed by atoms with Crippen LogP contribution in [0.4, 0.5) is 0 Å². The van der Waals surface area contributed by atoms with Crippen molar-refractivity contribution < 1.29 is 0 Å². The van der Waals surface area contributed by atoms with Crippen LogP contribution < -0.4 is 5.73 Å². The van der Waals surface area contributed by atoms with Gasteiger partial charge in [-0.15, -0.1) is 11.3 Å². The Balaban J connectivity index is 2.23. The molecule has 19 heavy (non-hydrogen) atoms. The lowest BCUT2D eigenvalue weighted by Crippen LogP contribution is -2.14. The summed E-state index contributed by atoms with van der Waals surface area (Å²) >= 11 is 1.62. The molecule has 104 valence electrons. The van der Waals surface area contributed by atoms with Gasteiger partial charge in [-0.05, 0) is 13.8 Å². The minimum absolute atomic E-state index is 0.0661. The molecule has 2 rings (SSSR count). The van der Waals surface area contributed by atoms with E-state index in [-0.39, 0.29) is 11.5 Å². The molecule has 4 nitrogen and oxygen atoms in total. The van der Waals surface area contributed by atoms with E-state index in [1.165, 1.54) is 0 Å². The van der Waals surface area contributed by atoms with Crippen LogP contribution in [0.25, 0.3) is 0 Å². The zero-order chi connectivity index (χ0) is 14.2. The van der Waals surface area contributed by atoms with E-state index in [2.05, 4.69) is 50.1 Å². The molecule has 0 saturated heterocycles.